The average Bonchev–Trinajstić information content (AvgIpc) is 3.41. The predicted molar refractivity (Wildman–Crippen MR) is 150 cm³/mol. The van der Waals surface area contributed by atoms with E-state index in [1.807, 2.05) is 60.7 Å². The molecule has 0 spiro atoms. The number of hydrogen-bond donors (Lipinski definition) is 0. The summed E-state index contributed by atoms with van der Waals surface area (Å²) in [7, 11) is 0. The summed E-state index contributed by atoms with van der Waals surface area (Å²) in [5.41, 5.74) is 2.82. The molecule has 0 N–H and O–H groups in total. The van der Waals surface area contributed by atoms with E-state index in [1.54, 1.807) is 0 Å². The molecule has 1 aromatic heterocycles. The largest absolute Gasteiger partial charge is 0.494 e. The van der Waals surface area contributed by atoms with Crippen LogP contribution in [0.5, 0.6) is 11.5 Å². The first kappa shape index (κ1) is 27.6. The standard InChI is InChI=1S/C32H43NO3/c1-3-5-7-9-10-11-12-13-15-25-35-29-20-16-27(17-21-29)31-26-32(36-33-31)28-18-22-30(23-19-28)34-24-14-8-6-4-2/h3,16-23,26H,1,4-15,24-25H2,2H3. The van der Waals surface area contributed by atoms with Crippen molar-refractivity contribution in [1.82, 2.24) is 5.16 Å². The fourth-order valence-electron chi connectivity index (χ4n) is 4.17. The highest BCUT2D eigenvalue weighted by molar-refractivity contribution is 5.67. The van der Waals surface area contributed by atoms with Crippen molar-refractivity contribution >= 4 is 0 Å². The molecule has 2 aromatic carbocycles. The lowest BCUT2D eigenvalue weighted by Gasteiger charge is -2.07. The maximum absolute atomic E-state index is 5.92. The fraction of sp³-hybridized carbons (Fsp3) is 0.469. The SMILES string of the molecule is C=CCCCCCCCCCOc1ccc(-c2cc(-c3ccc(OCCCCCC)cc3)on2)cc1. The highest BCUT2D eigenvalue weighted by Gasteiger charge is 2.09. The van der Waals surface area contributed by atoms with Crippen LogP contribution in [-0.4, -0.2) is 18.4 Å². The topological polar surface area (TPSA) is 44.5 Å². The van der Waals surface area contributed by atoms with E-state index >= 15 is 0 Å². The first-order valence-electron chi connectivity index (χ1n) is 13.8. The Hall–Kier alpha value is -3.01. The van der Waals surface area contributed by atoms with Crippen LogP contribution >= 0.6 is 0 Å². The quantitative estimate of drug-likeness (QED) is 0.124. The number of nitrogens with zero attached hydrogens (tertiary/aromatic N) is 1. The average molecular weight is 490 g/mol. The molecule has 0 bridgehead atoms. The Morgan fingerprint density at radius 3 is 1.81 bits per heavy atom. The Morgan fingerprint density at radius 1 is 0.694 bits per heavy atom. The molecule has 0 aliphatic heterocycles. The van der Waals surface area contributed by atoms with Crippen molar-refractivity contribution in [2.24, 2.45) is 0 Å². The number of unbranched alkanes of at least 4 members (excludes halogenated alkanes) is 10. The van der Waals surface area contributed by atoms with Gasteiger partial charge in [-0.25, -0.2) is 0 Å². The number of ether oxygens (including phenoxy) is 2. The van der Waals surface area contributed by atoms with Crippen molar-refractivity contribution in [2.45, 2.75) is 84.0 Å². The highest BCUT2D eigenvalue weighted by atomic mass is 16.5. The number of aromatic nitrogens is 1. The van der Waals surface area contributed by atoms with Gasteiger partial charge in [-0.3, -0.25) is 0 Å². The first-order chi connectivity index (χ1) is 17.8. The molecule has 36 heavy (non-hydrogen) atoms. The molecule has 0 radical (unpaired) electrons. The van der Waals surface area contributed by atoms with E-state index in [4.69, 9.17) is 14.0 Å². The van der Waals surface area contributed by atoms with Crippen molar-refractivity contribution in [3.8, 4) is 34.1 Å². The minimum Gasteiger partial charge on any atom is -0.494 e. The van der Waals surface area contributed by atoms with Crippen molar-refractivity contribution in [3.63, 3.8) is 0 Å². The summed E-state index contributed by atoms with van der Waals surface area (Å²) in [5, 5.41) is 4.27. The van der Waals surface area contributed by atoms with Gasteiger partial charge in [-0.05, 0) is 74.2 Å². The van der Waals surface area contributed by atoms with Crippen LogP contribution in [0, 0.1) is 0 Å². The van der Waals surface area contributed by atoms with Gasteiger partial charge in [-0.1, -0.05) is 69.5 Å². The van der Waals surface area contributed by atoms with Crippen LogP contribution in [0.1, 0.15) is 84.0 Å². The Bertz CT molecular complexity index is 975. The third-order valence-corrected chi connectivity index (χ3v) is 6.39. The summed E-state index contributed by atoms with van der Waals surface area (Å²) < 4.78 is 17.4. The van der Waals surface area contributed by atoms with Crippen LogP contribution in [0.3, 0.4) is 0 Å². The maximum atomic E-state index is 5.92. The van der Waals surface area contributed by atoms with Crippen molar-refractivity contribution in [3.05, 3.63) is 67.3 Å². The molecule has 3 aromatic rings. The molecular formula is C32H43NO3. The van der Waals surface area contributed by atoms with Crippen molar-refractivity contribution in [1.29, 1.82) is 0 Å². The maximum Gasteiger partial charge on any atom is 0.167 e. The van der Waals surface area contributed by atoms with Gasteiger partial charge >= 0.3 is 0 Å². The summed E-state index contributed by atoms with van der Waals surface area (Å²) in [6, 6.07) is 18.1. The molecule has 0 fully saturated rings. The smallest absolute Gasteiger partial charge is 0.167 e. The van der Waals surface area contributed by atoms with E-state index in [1.165, 1.54) is 57.8 Å². The van der Waals surface area contributed by atoms with Gasteiger partial charge in [0.25, 0.3) is 0 Å². The Kier molecular flexibility index (Phi) is 12.7. The molecule has 194 valence electrons. The van der Waals surface area contributed by atoms with Gasteiger partial charge in [-0.2, -0.15) is 0 Å². The van der Waals surface area contributed by atoms with Gasteiger partial charge in [0.1, 0.15) is 17.2 Å². The predicted octanol–water partition coefficient (Wildman–Crippen LogP) is 9.65. The number of benzene rings is 2. The van der Waals surface area contributed by atoms with Crippen LogP contribution < -0.4 is 9.47 Å². The van der Waals surface area contributed by atoms with Gasteiger partial charge < -0.3 is 14.0 Å². The lowest BCUT2D eigenvalue weighted by atomic mass is 10.1. The third-order valence-electron chi connectivity index (χ3n) is 6.39. The zero-order valence-corrected chi connectivity index (χ0v) is 22.1. The fourth-order valence-corrected chi connectivity index (χ4v) is 4.17. The van der Waals surface area contributed by atoms with E-state index in [0.29, 0.717) is 0 Å². The minimum atomic E-state index is 0.750. The molecule has 4 nitrogen and oxygen atoms in total. The first-order valence-corrected chi connectivity index (χ1v) is 13.8. The molecule has 4 heteroatoms. The Balaban J connectivity index is 1.37. The summed E-state index contributed by atoms with van der Waals surface area (Å²) in [6.45, 7) is 7.53. The highest BCUT2D eigenvalue weighted by Crippen LogP contribution is 2.28. The lowest BCUT2D eigenvalue weighted by Crippen LogP contribution is -1.97. The lowest BCUT2D eigenvalue weighted by molar-refractivity contribution is 0.304. The van der Waals surface area contributed by atoms with E-state index in [9.17, 15) is 0 Å². The second kappa shape index (κ2) is 16.6. The number of rotatable bonds is 19. The van der Waals surface area contributed by atoms with Gasteiger partial charge in [0.15, 0.2) is 5.76 Å². The molecule has 1 heterocycles. The molecular weight excluding hydrogens is 446 g/mol. The number of hydrogen-bond acceptors (Lipinski definition) is 4. The van der Waals surface area contributed by atoms with Crippen LogP contribution in [0.15, 0.2) is 71.8 Å². The second-order valence-electron chi connectivity index (χ2n) is 9.43. The minimum absolute atomic E-state index is 0.750. The molecule has 0 aliphatic rings. The molecule has 0 aliphatic carbocycles. The summed E-state index contributed by atoms with van der Waals surface area (Å²) >= 11 is 0. The number of allylic oxidation sites excluding steroid dienone is 1. The Morgan fingerprint density at radius 2 is 1.22 bits per heavy atom. The normalized spacial score (nSPS) is 10.9. The summed E-state index contributed by atoms with van der Waals surface area (Å²) in [5.74, 6) is 2.54. The van der Waals surface area contributed by atoms with Crippen LogP contribution in [-0.2, 0) is 0 Å². The molecule has 0 atom stereocenters. The summed E-state index contributed by atoms with van der Waals surface area (Å²) in [4.78, 5) is 0. The molecule has 0 saturated carbocycles. The van der Waals surface area contributed by atoms with E-state index in [0.717, 1.165) is 66.6 Å². The van der Waals surface area contributed by atoms with Gasteiger partial charge in [-0.15, -0.1) is 6.58 Å². The second-order valence-corrected chi connectivity index (χ2v) is 9.43. The van der Waals surface area contributed by atoms with Gasteiger partial charge in [0.05, 0.1) is 13.2 Å². The van der Waals surface area contributed by atoms with Gasteiger partial charge in [0.2, 0.25) is 0 Å². The molecule has 0 amide bonds. The molecule has 0 saturated heterocycles. The van der Waals surface area contributed by atoms with Crippen LogP contribution in [0.4, 0.5) is 0 Å². The monoisotopic (exact) mass is 489 g/mol. The van der Waals surface area contributed by atoms with Crippen molar-refractivity contribution < 1.29 is 14.0 Å². The zero-order chi connectivity index (χ0) is 25.3. The van der Waals surface area contributed by atoms with Crippen LogP contribution in [0.25, 0.3) is 22.6 Å². The Labute approximate surface area is 217 Å². The van der Waals surface area contributed by atoms with E-state index in [2.05, 4.69) is 18.7 Å². The summed E-state index contributed by atoms with van der Waals surface area (Å²) in [6.07, 6.45) is 16.9. The third kappa shape index (κ3) is 9.93. The van der Waals surface area contributed by atoms with E-state index in [-0.39, 0.29) is 0 Å². The van der Waals surface area contributed by atoms with Gasteiger partial charge in [0, 0.05) is 17.2 Å². The zero-order valence-electron chi connectivity index (χ0n) is 22.1. The molecule has 3 rings (SSSR count). The molecule has 0 unspecified atom stereocenters. The van der Waals surface area contributed by atoms with E-state index < -0.39 is 0 Å². The van der Waals surface area contributed by atoms with Crippen molar-refractivity contribution in [2.75, 3.05) is 13.2 Å². The van der Waals surface area contributed by atoms with Crippen LogP contribution in [0.2, 0.25) is 0 Å².